The maximum atomic E-state index is 11.1. The van der Waals surface area contributed by atoms with Gasteiger partial charge in [-0.05, 0) is 19.3 Å². The molecular formula is C10H13N3O3. The quantitative estimate of drug-likeness (QED) is 0.694. The van der Waals surface area contributed by atoms with Crippen LogP contribution in [0.3, 0.4) is 0 Å². The number of aromatic amines is 1. The van der Waals surface area contributed by atoms with Crippen LogP contribution < -0.4 is 10.9 Å². The predicted molar refractivity (Wildman–Crippen MR) is 57.3 cm³/mol. The Balaban J connectivity index is 2.12. The lowest BCUT2D eigenvalue weighted by Gasteiger charge is -2.41. The van der Waals surface area contributed by atoms with Gasteiger partial charge in [-0.3, -0.25) is 9.59 Å². The van der Waals surface area contributed by atoms with E-state index < -0.39 is 11.5 Å². The van der Waals surface area contributed by atoms with Crippen molar-refractivity contribution in [1.29, 1.82) is 0 Å². The van der Waals surface area contributed by atoms with Crippen molar-refractivity contribution >= 4 is 11.8 Å². The highest BCUT2D eigenvalue weighted by Gasteiger charge is 2.39. The minimum atomic E-state index is -0.836. The number of carboxylic acids is 1. The Hall–Kier alpha value is -1.85. The van der Waals surface area contributed by atoms with Crippen LogP contribution in [0.2, 0.25) is 0 Å². The molecule has 1 aromatic rings. The van der Waals surface area contributed by atoms with Gasteiger partial charge in [0.05, 0.1) is 12.7 Å². The van der Waals surface area contributed by atoms with E-state index in [2.05, 4.69) is 15.3 Å². The third kappa shape index (κ3) is 2.21. The second-order valence-electron chi connectivity index (χ2n) is 4.13. The van der Waals surface area contributed by atoms with Gasteiger partial charge in [0.1, 0.15) is 5.82 Å². The predicted octanol–water partition coefficient (Wildman–Crippen LogP) is 0.579. The Morgan fingerprint density at radius 2 is 2.38 bits per heavy atom. The van der Waals surface area contributed by atoms with E-state index in [-0.39, 0.29) is 12.0 Å². The molecular weight excluding hydrogens is 210 g/mol. The number of hydrogen-bond acceptors (Lipinski definition) is 4. The van der Waals surface area contributed by atoms with Crippen LogP contribution >= 0.6 is 0 Å². The highest BCUT2D eigenvalue weighted by Crippen LogP contribution is 2.37. The number of aromatic nitrogens is 2. The van der Waals surface area contributed by atoms with E-state index in [4.69, 9.17) is 5.11 Å². The first-order chi connectivity index (χ1) is 7.60. The van der Waals surface area contributed by atoms with Crippen LogP contribution in [0.4, 0.5) is 5.82 Å². The molecule has 0 aromatic carbocycles. The van der Waals surface area contributed by atoms with Crippen LogP contribution in [0.25, 0.3) is 0 Å². The van der Waals surface area contributed by atoms with Crippen molar-refractivity contribution < 1.29 is 9.90 Å². The van der Waals surface area contributed by atoms with E-state index in [0.29, 0.717) is 5.82 Å². The van der Waals surface area contributed by atoms with Gasteiger partial charge in [0.15, 0.2) is 0 Å². The van der Waals surface area contributed by atoms with Gasteiger partial charge >= 0.3 is 5.97 Å². The molecule has 1 aliphatic carbocycles. The Labute approximate surface area is 91.7 Å². The Kier molecular flexibility index (Phi) is 2.64. The van der Waals surface area contributed by atoms with Crippen LogP contribution in [0, 0.1) is 0 Å². The molecule has 0 atom stereocenters. The molecule has 0 aliphatic heterocycles. The molecule has 2 rings (SSSR count). The lowest BCUT2D eigenvalue weighted by atomic mass is 9.74. The van der Waals surface area contributed by atoms with Gasteiger partial charge in [-0.2, -0.15) is 0 Å². The summed E-state index contributed by atoms with van der Waals surface area (Å²) < 4.78 is 0. The monoisotopic (exact) mass is 223 g/mol. The Morgan fingerprint density at radius 3 is 2.88 bits per heavy atom. The lowest BCUT2D eigenvalue weighted by Crippen LogP contribution is -2.47. The Morgan fingerprint density at radius 1 is 1.62 bits per heavy atom. The van der Waals surface area contributed by atoms with Gasteiger partial charge in [0, 0.05) is 11.6 Å². The fraction of sp³-hybridized carbons (Fsp3) is 0.500. The zero-order valence-electron chi connectivity index (χ0n) is 8.69. The average molecular weight is 223 g/mol. The van der Waals surface area contributed by atoms with Crippen LogP contribution in [-0.2, 0) is 4.79 Å². The summed E-state index contributed by atoms with van der Waals surface area (Å²) in [6.07, 6.45) is 3.96. The fourth-order valence-corrected chi connectivity index (χ4v) is 1.95. The second-order valence-corrected chi connectivity index (χ2v) is 4.13. The average Bonchev–Trinajstić information content (AvgIpc) is 2.13. The van der Waals surface area contributed by atoms with Crippen LogP contribution in [0.15, 0.2) is 17.2 Å². The number of H-pyrrole nitrogens is 1. The molecule has 0 unspecified atom stereocenters. The molecule has 0 spiro atoms. The fourth-order valence-electron chi connectivity index (χ4n) is 1.95. The van der Waals surface area contributed by atoms with E-state index >= 15 is 0 Å². The minimum Gasteiger partial charge on any atom is -0.481 e. The van der Waals surface area contributed by atoms with Gasteiger partial charge in [0.2, 0.25) is 0 Å². The number of nitrogens with one attached hydrogen (secondary N) is 2. The van der Waals surface area contributed by atoms with Gasteiger partial charge in [0.25, 0.3) is 5.56 Å². The van der Waals surface area contributed by atoms with Gasteiger partial charge < -0.3 is 15.4 Å². The number of nitrogens with zero attached hydrogens (tertiary/aromatic N) is 1. The molecule has 0 radical (unpaired) electrons. The normalized spacial score (nSPS) is 17.5. The molecule has 86 valence electrons. The largest absolute Gasteiger partial charge is 0.481 e. The van der Waals surface area contributed by atoms with E-state index in [1.807, 2.05) is 0 Å². The molecule has 3 N–H and O–H groups in total. The number of carboxylic acid groups (broad SMARTS) is 1. The summed E-state index contributed by atoms with van der Waals surface area (Å²) >= 11 is 0. The highest BCUT2D eigenvalue weighted by atomic mass is 16.4. The molecule has 1 saturated carbocycles. The standard InChI is InChI=1S/C10H13N3O3/c14-8-4-7(11-6-12-8)13-10(2-1-3-10)5-9(15)16/h4,6H,1-3,5H2,(H,15,16)(H2,11,12,13,14). The number of rotatable bonds is 4. The molecule has 1 aliphatic rings. The van der Waals surface area contributed by atoms with E-state index in [0.717, 1.165) is 19.3 Å². The minimum absolute atomic E-state index is 0.0570. The van der Waals surface area contributed by atoms with E-state index in [1.165, 1.54) is 12.4 Å². The number of aliphatic carboxylic acids is 1. The highest BCUT2D eigenvalue weighted by molar-refractivity contribution is 5.69. The molecule has 1 fully saturated rings. The first-order valence-electron chi connectivity index (χ1n) is 5.14. The van der Waals surface area contributed by atoms with Crippen LogP contribution in [0.5, 0.6) is 0 Å². The zero-order valence-corrected chi connectivity index (χ0v) is 8.69. The topological polar surface area (TPSA) is 95.1 Å². The number of carbonyl (C=O) groups is 1. The third-order valence-electron chi connectivity index (χ3n) is 2.87. The molecule has 1 heterocycles. The SMILES string of the molecule is O=C(O)CC1(Nc2cc(=O)[nH]cn2)CCC1. The van der Waals surface area contributed by atoms with Crippen LogP contribution in [-0.4, -0.2) is 26.6 Å². The summed E-state index contributed by atoms with van der Waals surface area (Å²) in [6.45, 7) is 0. The van der Waals surface area contributed by atoms with Crippen molar-refractivity contribution in [3.8, 4) is 0 Å². The van der Waals surface area contributed by atoms with Crippen molar-refractivity contribution in [1.82, 2.24) is 9.97 Å². The number of hydrogen-bond donors (Lipinski definition) is 3. The number of anilines is 1. The smallest absolute Gasteiger partial charge is 0.305 e. The van der Waals surface area contributed by atoms with Gasteiger partial charge in [-0.1, -0.05) is 0 Å². The maximum absolute atomic E-state index is 11.1. The van der Waals surface area contributed by atoms with Crippen molar-refractivity contribution in [3.63, 3.8) is 0 Å². The zero-order chi connectivity index (χ0) is 11.6. The molecule has 1 aromatic heterocycles. The van der Waals surface area contributed by atoms with Crippen molar-refractivity contribution in [2.75, 3.05) is 5.32 Å². The van der Waals surface area contributed by atoms with E-state index in [1.54, 1.807) is 0 Å². The summed E-state index contributed by atoms with van der Waals surface area (Å²) in [7, 11) is 0. The molecule has 6 nitrogen and oxygen atoms in total. The lowest BCUT2D eigenvalue weighted by molar-refractivity contribution is -0.138. The maximum Gasteiger partial charge on any atom is 0.305 e. The summed E-state index contributed by atoms with van der Waals surface area (Å²) in [5.41, 5.74) is -0.672. The molecule has 0 saturated heterocycles. The van der Waals surface area contributed by atoms with Crippen LogP contribution in [0.1, 0.15) is 25.7 Å². The van der Waals surface area contributed by atoms with Gasteiger partial charge in [-0.25, -0.2) is 4.98 Å². The van der Waals surface area contributed by atoms with Gasteiger partial charge in [-0.15, -0.1) is 0 Å². The first kappa shape index (κ1) is 10.7. The van der Waals surface area contributed by atoms with Crippen molar-refractivity contribution in [2.24, 2.45) is 0 Å². The van der Waals surface area contributed by atoms with E-state index in [9.17, 15) is 9.59 Å². The molecule has 0 bridgehead atoms. The molecule has 6 heteroatoms. The van der Waals surface area contributed by atoms with Crippen molar-refractivity contribution in [2.45, 2.75) is 31.2 Å². The molecule has 16 heavy (non-hydrogen) atoms. The first-order valence-corrected chi connectivity index (χ1v) is 5.14. The second kappa shape index (κ2) is 3.96. The summed E-state index contributed by atoms with van der Waals surface area (Å²) in [5.74, 6) is -0.401. The summed E-state index contributed by atoms with van der Waals surface area (Å²) in [4.78, 5) is 28.2. The molecule has 0 amide bonds. The summed E-state index contributed by atoms with van der Waals surface area (Å²) in [6, 6.07) is 1.34. The third-order valence-corrected chi connectivity index (χ3v) is 2.87. The summed E-state index contributed by atoms with van der Waals surface area (Å²) in [5, 5.41) is 11.9. The van der Waals surface area contributed by atoms with Crippen molar-refractivity contribution in [3.05, 3.63) is 22.7 Å². The Bertz CT molecular complexity index is 451.